The van der Waals surface area contributed by atoms with Crippen LogP contribution in [0.2, 0.25) is 5.02 Å². The molecule has 5 heteroatoms. The van der Waals surface area contributed by atoms with E-state index in [0.717, 1.165) is 16.8 Å². The molecular formula is C13H18ClN3O. The van der Waals surface area contributed by atoms with Gasteiger partial charge in [-0.25, -0.2) is 4.79 Å². The number of nitrogens with zero attached hydrogens (tertiary/aromatic N) is 2. The Hall–Kier alpha value is -1.26. The molecule has 0 saturated carbocycles. The van der Waals surface area contributed by atoms with Gasteiger partial charge in [-0.1, -0.05) is 17.7 Å². The average Bonchev–Trinajstić information content (AvgIpc) is 2.56. The van der Waals surface area contributed by atoms with Crippen LogP contribution in [0.15, 0.2) is 12.1 Å². The van der Waals surface area contributed by atoms with Gasteiger partial charge in [-0.05, 0) is 31.0 Å². The van der Waals surface area contributed by atoms with E-state index in [-0.39, 0.29) is 12.1 Å². The van der Waals surface area contributed by atoms with Gasteiger partial charge in [-0.2, -0.15) is 0 Å². The van der Waals surface area contributed by atoms with Gasteiger partial charge < -0.3 is 10.6 Å². The van der Waals surface area contributed by atoms with E-state index in [0.29, 0.717) is 18.1 Å². The molecule has 0 radical (unpaired) electrons. The number of carbonyl (C=O) groups excluding carboxylic acids is 1. The summed E-state index contributed by atoms with van der Waals surface area (Å²) in [4.78, 5) is 15.6. The third kappa shape index (κ3) is 2.06. The van der Waals surface area contributed by atoms with Gasteiger partial charge in [0.1, 0.15) is 0 Å². The summed E-state index contributed by atoms with van der Waals surface area (Å²) in [6, 6.07) is 3.92. The van der Waals surface area contributed by atoms with Crippen molar-refractivity contribution >= 4 is 23.3 Å². The highest BCUT2D eigenvalue weighted by Crippen LogP contribution is 2.34. The maximum Gasteiger partial charge on any atom is 0.324 e. The first-order chi connectivity index (χ1) is 8.45. The Morgan fingerprint density at radius 1 is 1.44 bits per heavy atom. The van der Waals surface area contributed by atoms with Crippen molar-refractivity contribution in [3.8, 4) is 0 Å². The van der Waals surface area contributed by atoms with Gasteiger partial charge in [0, 0.05) is 20.1 Å². The first kappa shape index (κ1) is 13.2. The number of benzene rings is 1. The quantitative estimate of drug-likeness (QED) is 0.893. The van der Waals surface area contributed by atoms with E-state index in [2.05, 4.69) is 0 Å². The molecule has 1 unspecified atom stereocenters. The fraction of sp³-hybridized carbons (Fsp3) is 0.462. The van der Waals surface area contributed by atoms with Crippen LogP contribution in [0.4, 0.5) is 10.5 Å². The summed E-state index contributed by atoms with van der Waals surface area (Å²) in [6.45, 7) is 5.01. The van der Waals surface area contributed by atoms with Crippen molar-refractivity contribution in [3.63, 3.8) is 0 Å². The van der Waals surface area contributed by atoms with Crippen molar-refractivity contribution in [1.82, 2.24) is 4.90 Å². The largest absolute Gasteiger partial charge is 0.328 e. The van der Waals surface area contributed by atoms with E-state index in [1.807, 2.05) is 26.0 Å². The van der Waals surface area contributed by atoms with Crippen LogP contribution in [0.3, 0.4) is 0 Å². The third-order valence-electron chi connectivity index (χ3n) is 3.41. The molecule has 0 bridgehead atoms. The number of nitrogens with two attached hydrogens (primary N) is 1. The average molecular weight is 268 g/mol. The van der Waals surface area contributed by atoms with Gasteiger partial charge >= 0.3 is 6.03 Å². The van der Waals surface area contributed by atoms with Gasteiger partial charge in [0.2, 0.25) is 0 Å². The van der Waals surface area contributed by atoms with Crippen LogP contribution in [0.25, 0.3) is 0 Å². The Morgan fingerprint density at radius 3 is 2.61 bits per heavy atom. The zero-order valence-corrected chi connectivity index (χ0v) is 11.7. The van der Waals surface area contributed by atoms with Crippen LogP contribution < -0.4 is 10.6 Å². The first-order valence-electron chi connectivity index (χ1n) is 5.97. The lowest BCUT2D eigenvalue weighted by Gasteiger charge is -2.20. The van der Waals surface area contributed by atoms with E-state index in [1.54, 1.807) is 16.8 Å². The fourth-order valence-electron chi connectivity index (χ4n) is 2.43. The molecular weight excluding hydrogens is 250 g/mol. The van der Waals surface area contributed by atoms with E-state index in [1.165, 1.54) is 0 Å². The predicted molar refractivity (Wildman–Crippen MR) is 74.3 cm³/mol. The molecule has 1 saturated heterocycles. The third-order valence-corrected chi connectivity index (χ3v) is 3.70. The Labute approximate surface area is 112 Å². The molecule has 1 aromatic carbocycles. The van der Waals surface area contributed by atoms with Crippen molar-refractivity contribution in [2.24, 2.45) is 5.73 Å². The number of rotatable bonds is 2. The number of halogens is 1. The van der Waals surface area contributed by atoms with Gasteiger partial charge in [-0.3, -0.25) is 4.90 Å². The second-order valence-corrected chi connectivity index (χ2v) is 5.21. The second-order valence-electron chi connectivity index (χ2n) is 4.81. The molecule has 1 heterocycles. The molecule has 1 fully saturated rings. The van der Waals surface area contributed by atoms with Crippen LogP contribution in [0.5, 0.6) is 0 Å². The molecule has 0 aromatic heterocycles. The molecule has 1 atom stereocenters. The van der Waals surface area contributed by atoms with Crippen LogP contribution in [0, 0.1) is 13.8 Å². The predicted octanol–water partition coefficient (Wildman–Crippen LogP) is 2.16. The molecule has 98 valence electrons. The van der Waals surface area contributed by atoms with Crippen LogP contribution >= 0.6 is 11.6 Å². The van der Waals surface area contributed by atoms with Crippen molar-refractivity contribution in [2.45, 2.75) is 19.9 Å². The molecule has 2 amide bonds. The Bertz CT molecular complexity index is 466. The van der Waals surface area contributed by atoms with E-state index >= 15 is 0 Å². The second kappa shape index (κ2) is 4.78. The monoisotopic (exact) mass is 267 g/mol. The Morgan fingerprint density at radius 2 is 2.11 bits per heavy atom. The zero-order chi connectivity index (χ0) is 13.4. The summed E-state index contributed by atoms with van der Waals surface area (Å²) in [5, 5.41) is 0.618. The van der Waals surface area contributed by atoms with Gasteiger partial charge in [-0.15, -0.1) is 0 Å². The van der Waals surface area contributed by atoms with Crippen LogP contribution in [-0.4, -0.2) is 37.1 Å². The lowest BCUT2D eigenvalue weighted by molar-refractivity contribution is 0.219. The van der Waals surface area contributed by atoms with Crippen molar-refractivity contribution < 1.29 is 4.79 Å². The summed E-state index contributed by atoms with van der Waals surface area (Å²) in [5.41, 5.74) is 8.58. The van der Waals surface area contributed by atoms with Crippen molar-refractivity contribution in [2.75, 3.05) is 25.0 Å². The summed E-state index contributed by atoms with van der Waals surface area (Å²) < 4.78 is 0. The molecule has 0 spiro atoms. The van der Waals surface area contributed by atoms with Crippen LogP contribution in [-0.2, 0) is 0 Å². The van der Waals surface area contributed by atoms with Crippen LogP contribution in [0.1, 0.15) is 11.1 Å². The number of hydrogen-bond donors (Lipinski definition) is 1. The summed E-state index contributed by atoms with van der Waals surface area (Å²) in [6.07, 6.45) is 0. The zero-order valence-electron chi connectivity index (χ0n) is 10.9. The van der Waals surface area contributed by atoms with E-state index in [9.17, 15) is 4.79 Å². The standard InChI is InChI=1S/C13H18ClN3O/c1-8-4-9(2)12(11(14)5-8)17-7-10(6-15)16(3)13(17)18/h4-5,10H,6-7,15H2,1-3H3. The van der Waals surface area contributed by atoms with Crippen molar-refractivity contribution in [1.29, 1.82) is 0 Å². The molecule has 1 aliphatic heterocycles. The maximum atomic E-state index is 12.2. The van der Waals surface area contributed by atoms with Gasteiger partial charge in [0.25, 0.3) is 0 Å². The number of anilines is 1. The minimum Gasteiger partial charge on any atom is -0.328 e. The summed E-state index contributed by atoms with van der Waals surface area (Å²) in [7, 11) is 1.78. The van der Waals surface area contributed by atoms with Gasteiger partial charge in [0.05, 0.1) is 16.8 Å². The molecule has 2 N–H and O–H groups in total. The number of likely N-dealkylation sites (N-methyl/N-ethyl adjacent to an activating group) is 1. The van der Waals surface area contributed by atoms with E-state index < -0.39 is 0 Å². The highest BCUT2D eigenvalue weighted by atomic mass is 35.5. The number of amides is 2. The molecule has 1 aromatic rings. The SMILES string of the molecule is Cc1cc(C)c(N2CC(CN)N(C)C2=O)c(Cl)c1. The minimum atomic E-state index is -0.0423. The topological polar surface area (TPSA) is 49.6 Å². The Balaban J connectivity index is 2.42. The molecule has 2 rings (SSSR count). The van der Waals surface area contributed by atoms with Crippen molar-refractivity contribution in [3.05, 3.63) is 28.3 Å². The number of hydrogen-bond acceptors (Lipinski definition) is 2. The molecule has 1 aliphatic rings. The number of carbonyl (C=O) groups is 1. The summed E-state index contributed by atoms with van der Waals surface area (Å²) >= 11 is 6.28. The minimum absolute atomic E-state index is 0.0423. The summed E-state index contributed by atoms with van der Waals surface area (Å²) in [5.74, 6) is 0. The number of urea groups is 1. The molecule has 18 heavy (non-hydrogen) atoms. The highest BCUT2D eigenvalue weighted by Gasteiger charge is 2.36. The highest BCUT2D eigenvalue weighted by molar-refractivity contribution is 6.34. The normalized spacial score (nSPS) is 19.8. The fourth-order valence-corrected chi connectivity index (χ4v) is 2.85. The lowest BCUT2D eigenvalue weighted by atomic mass is 10.1. The first-order valence-corrected chi connectivity index (χ1v) is 6.34. The van der Waals surface area contributed by atoms with Gasteiger partial charge in [0.15, 0.2) is 0 Å². The smallest absolute Gasteiger partial charge is 0.324 e. The Kier molecular flexibility index (Phi) is 3.50. The molecule has 4 nitrogen and oxygen atoms in total. The molecule has 0 aliphatic carbocycles. The number of aryl methyl sites for hydroxylation is 2. The lowest BCUT2D eigenvalue weighted by Crippen LogP contribution is -2.35. The van der Waals surface area contributed by atoms with E-state index in [4.69, 9.17) is 17.3 Å². The maximum absolute atomic E-state index is 12.2.